The average molecular weight is 266 g/mol. The van der Waals surface area contributed by atoms with Gasteiger partial charge in [-0.2, -0.15) is 0 Å². The molecule has 0 amide bonds. The maximum Gasteiger partial charge on any atom is 0.306 e. The molecule has 2 rings (SSSR count). The number of rotatable bonds is 3. The smallest absolute Gasteiger partial charge is 0.306 e. The fraction of sp³-hybridized carbons (Fsp3) is 0.875. The lowest BCUT2D eigenvalue weighted by Gasteiger charge is -2.52. The van der Waals surface area contributed by atoms with E-state index in [4.69, 9.17) is 4.74 Å². The lowest BCUT2D eigenvalue weighted by Crippen LogP contribution is -2.47. The Labute approximate surface area is 116 Å². The highest BCUT2D eigenvalue weighted by molar-refractivity contribution is 5.83. The van der Waals surface area contributed by atoms with Crippen LogP contribution in [-0.4, -0.2) is 18.9 Å². The Morgan fingerprint density at radius 3 is 2.32 bits per heavy atom. The molecule has 2 fully saturated rings. The van der Waals surface area contributed by atoms with Crippen LogP contribution in [-0.2, 0) is 14.3 Å². The van der Waals surface area contributed by atoms with Crippen LogP contribution in [0.15, 0.2) is 0 Å². The molecule has 0 bridgehead atoms. The predicted octanol–water partition coefficient (Wildman–Crippen LogP) is 3.36. The zero-order valence-corrected chi connectivity index (χ0v) is 12.8. The summed E-state index contributed by atoms with van der Waals surface area (Å²) in [5, 5.41) is 0. The molecule has 2 aliphatic rings. The molecule has 0 N–H and O–H groups in total. The number of esters is 1. The first kappa shape index (κ1) is 14.5. The second kappa shape index (κ2) is 4.32. The van der Waals surface area contributed by atoms with Crippen molar-refractivity contribution in [3.05, 3.63) is 0 Å². The van der Waals surface area contributed by atoms with E-state index in [2.05, 4.69) is 20.8 Å². The standard InChI is InChI=1S/C16H26O3/c1-11(17)12-9-16(12)14(2,3)7-6-8-15(16,4)10-13(18)19-5/h12H,6-10H2,1-5H3/t12?,15-,16-/m0/s1. The predicted molar refractivity (Wildman–Crippen MR) is 73.6 cm³/mol. The Bertz CT molecular complexity index is 412. The van der Waals surface area contributed by atoms with Gasteiger partial charge >= 0.3 is 5.97 Å². The lowest BCUT2D eigenvalue weighted by atomic mass is 9.51. The fourth-order valence-corrected chi connectivity index (χ4v) is 4.99. The zero-order valence-electron chi connectivity index (χ0n) is 12.8. The largest absolute Gasteiger partial charge is 0.469 e. The van der Waals surface area contributed by atoms with Gasteiger partial charge in [0.05, 0.1) is 13.5 Å². The van der Waals surface area contributed by atoms with Gasteiger partial charge in [-0.3, -0.25) is 9.59 Å². The maximum atomic E-state index is 11.9. The molecule has 0 aromatic rings. The summed E-state index contributed by atoms with van der Waals surface area (Å²) in [5.74, 6) is 0.275. The third kappa shape index (κ3) is 1.93. The fourth-order valence-electron chi connectivity index (χ4n) is 4.99. The van der Waals surface area contributed by atoms with Crippen molar-refractivity contribution in [2.24, 2.45) is 22.2 Å². The van der Waals surface area contributed by atoms with Gasteiger partial charge in [0.15, 0.2) is 0 Å². The van der Waals surface area contributed by atoms with E-state index >= 15 is 0 Å². The molecule has 19 heavy (non-hydrogen) atoms. The molecule has 3 heteroatoms. The van der Waals surface area contributed by atoms with Crippen LogP contribution in [0.2, 0.25) is 0 Å². The van der Waals surface area contributed by atoms with Crippen LogP contribution in [0.4, 0.5) is 0 Å². The van der Waals surface area contributed by atoms with Crippen LogP contribution in [0, 0.1) is 22.2 Å². The summed E-state index contributed by atoms with van der Waals surface area (Å²) in [6, 6.07) is 0. The summed E-state index contributed by atoms with van der Waals surface area (Å²) < 4.78 is 4.88. The summed E-state index contributed by atoms with van der Waals surface area (Å²) in [6.07, 6.45) is 4.69. The number of hydrogen-bond donors (Lipinski definition) is 0. The van der Waals surface area contributed by atoms with Gasteiger partial charge in [0, 0.05) is 5.92 Å². The molecule has 0 heterocycles. The molecular weight excluding hydrogens is 240 g/mol. The summed E-state index contributed by atoms with van der Waals surface area (Å²) >= 11 is 0. The molecule has 0 aromatic heterocycles. The first-order valence-electron chi connectivity index (χ1n) is 7.27. The SMILES string of the molecule is COC(=O)C[C@]1(C)CCCC(C)(C)[C@@]12CC2C(C)=O. The molecule has 0 saturated heterocycles. The van der Waals surface area contributed by atoms with Crippen molar-refractivity contribution in [2.45, 2.75) is 59.8 Å². The first-order chi connectivity index (χ1) is 8.70. The van der Waals surface area contributed by atoms with Gasteiger partial charge in [-0.05, 0) is 42.4 Å². The molecule has 1 unspecified atom stereocenters. The molecule has 3 nitrogen and oxygen atoms in total. The number of Topliss-reactive ketones (excluding diaryl/α,β-unsaturated/α-hetero) is 1. The highest BCUT2D eigenvalue weighted by Crippen LogP contribution is 2.77. The molecule has 3 atom stereocenters. The van der Waals surface area contributed by atoms with Gasteiger partial charge in [0.25, 0.3) is 0 Å². The molecular formula is C16H26O3. The summed E-state index contributed by atoms with van der Waals surface area (Å²) in [5.41, 5.74) is 0.0286. The van der Waals surface area contributed by atoms with Gasteiger partial charge in [0.2, 0.25) is 0 Å². The highest BCUT2D eigenvalue weighted by atomic mass is 16.5. The van der Waals surface area contributed by atoms with Gasteiger partial charge in [0.1, 0.15) is 5.78 Å². The quantitative estimate of drug-likeness (QED) is 0.736. The normalized spacial score (nSPS) is 39.9. The molecule has 2 aliphatic carbocycles. The highest BCUT2D eigenvalue weighted by Gasteiger charge is 2.73. The van der Waals surface area contributed by atoms with E-state index < -0.39 is 0 Å². The van der Waals surface area contributed by atoms with Crippen molar-refractivity contribution >= 4 is 11.8 Å². The lowest BCUT2D eigenvalue weighted by molar-refractivity contribution is -0.149. The van der Waals surface area contributed by atoms with Crippen LogP contribution < -0.4 is 0 Å². The van der Waals surface area contributed by atoms with E-state index in [1.807, 2.05) is 0 Å². The minimum atomic E-state index is -0.145. The van der Waals surface area contributed by atoms with Crippen molar-refractivity contribution in [1.82, 2.24) is 0 Å². The Hall–Kier alpha value is -0.860. The number of carbonyl (C=O) groups is 2. The van der Waals surface area contributed by atoms with Crippen LogP contribution in [0.1, 0.15) is 59.8 Å². The second-order valence-corrected chi connectivity index (χ2v) is 7.39. The number of hydrogen-bond acceptors (Lipinski definition) is 3. The van der Waals surface area contributed by atoms with Crippen molar-refractivity contribution < 1.29 is 14.3 Å². The van der Waals surface area contributed by atoms with E-state index in [0.29, 0.717) is 6.42 Å². The Balaban J connectivity index is 2.36. The van der Waals surface area contributed by atoms with Crippen LogP contribution in [0.3, 0.4) is 0 Å². The molecule has 0 aromatic carbocycles. The van der Waals surface area contributed by atoms with Crippen LogP contribution in [0.5, 0.6) is 0 Å². The average Bonchev–Trinajstić information content (AvgIpc) is 3.04. The topological polar surface area (TPSA) is 43.4 Å². The summed E-state index contributed by atoms with van der Waals surface area (Å²) in [4.78, 5) is 23.7. The number of carbonyl (C=O) groups excluding carboxylic acids is 2. The van der Waals surface area contributed by atoms with E-state index in [1.54, 1.807) is 6.92 Å². The molecule has 108 valence electrons. The first-order valence-corrected chi connectivity index (χ1v) is 7.27. The summed E-state index contributed by atoms with van der Waals surface area (Å²) in [6.45, 7) is 8.42. The monoisotopic (exact) mass is 266 g/mol. The molecule has 1 spiro atoms. The molecule has 0 aliphatic heterocycles. The maximum absolute atomic E-state index is 11.9. The minimum absolute atomic E-state index is 0.00171. The van der Waals surface area contributed by atoms with Gasteiger partial charge < -0.3 is 4.74 Å². The zero-order chi connectivity index (χ0) is 14.5. The van der Waals surface area contributed by atoms with E-state index in [0.717, 1.165) is 25.7 Å². The van der Waals surface area contributed by atoms with E-state index in [1.165, 1.54) is 7.11 Å². The van der Waals surface area contributed by atoms with E-state index in [9.17, 15) is 9.59 Å². The Morgan fingerprint density at radius 1 is 1.21 bits per heavy atom. The second-order valence-electron chi connectivity index (χ2n) is 7.39. The Morgan fingerprint density at radius 2 is 1.84 bits per heavy atom. The van der Waals surface area contributed by atoms with Gasteiger partial charge in [-0.25, -0.2) is 0 Å². The van der Waals surface area contributed by atoms with Gasteiger partial charge in [-0.15, -0.1) is 0 Å². The number of ether oxygens (including phenoxy) is 1. The molecule has 0 radical (unpaired) electrons. The third-order valence-electron chi connectivity index (χ3n) is 6.03. The number of methoxy groups -OCH3 is 1. The van der Waals surface area contributed by atoms with Crippen molar-refractivity contribution in [3.8, 4) is 0 Å². The van der Waals surface area contributed by atoms with Crippen molar-refractivity contribution in [1.29, 1.82) is 0 Å². The minimum Gasteiger partial charge on any atom is -0.469 e. The van der Waals surface area contributed by atoms with Gasteiger partial charge in [-0.1, -0.05) is 27.2 Å². The van der Waals surface area contributed by atoms with E-state index in [-0.39, 0.29) is 33.9 Å². The summed E-state index contributed by atoms with van der Waals surface area (Å²) in [7, 11) is 1.45. The molecule has 2 saturated carbocycles. The van der Waals surface area contributed by atoms with Crippen molar-refractivity contribution in [3.63, 3.8) is 0 Å². The number of ketones is 1. The van der Waals surface area contributed by atoms with Crippen LogP contribution in [0.25, 0.3) is 0 Å². The van der Waals surface area contributed by atoms with Crippen molar-refractivity contribution in [2.75, 3.05) is 7.11 Å². The third-order valence-corrected chi connectivity index (χ3v) is 6.03. The van der Waals surface area contributed by atoms with Crippen LogP contribution >= 0.6 is 0 Å². The Kier molecular flexibility index (Phi) is 3.31.